The zero-order valence-electron chi connectivity index (χ0n) is 15.9. The summed E-state index contributed by atoms with van der Waals surface area (Å²) in [6.07, 6.45) is 0.294. The first-order chi connectivity index (χ1) is 13.1. The largest absolute Gasteiger partial charge is 0.466 e. The Kier molecular flexibility index (Phi) is 6.24. The quantitative estimate of drug-likeness (QED) is 0.798. The van der Waals surface area contributed by atoms with Crippen molar-refractivity contribution >= 4 is 11.9 Å². The Morgan fingerprint density at radius 1 is 1.15 bits per heavy atom. The molecule has 2 aromatic carbocycles. The summed E-state index contributed by atoms with van der Waals surface area (Å²) in [7, 11) is 0. The first-order valence-corrected chi connectivity index (χ1v) is 9.40. The maximum atomic E-state index is 12.8. The van der Waals surface area contributed by atoms with Crippen LogP contribution >= 0.6 is 0 Å². The van der Waals surface area contributed by atoms with E-state index >= 15 is 0 Å². The predicted molar refractivity (Wildman–Crippen MR) is 104 cm³/mol. The number of nitrogens with one attached hydrogen (secondary N) is 1. The van der Waals surface area contributed by atoms with Gasteiger partial charge in [-0.05, 0) is 38.0 Å². The van der Waals surface area contributed by atoms with Crippen LogP contribution in [0.4, 0.5) is 0 Å². The van der Waals surface area contributed by atoms with Gasteiger partial charge in [0.15, 0.2) is 0 Å². The summed E-state index contributed by atoms with van der Waals surface area (Å²) in [5.41, 5.74) is 2.78. The molecule has 27 heavy (non-hydrogen) atoms. The Morgan fingerprint density at radius 2 is 1.93 bits per heavy atom. The van der Waals surface area contributed by atoms with Crippen molar-refractivity contribution in [1.29, 1.82) is 0 Å². The topological polar surface area (TPSA) is 58.6 Å². The summed E-state index contributed by atoms with van der Waals surface area (Å²) < 4.78 is 5.24. The van der Waals surface area contributed by atoms with Gasteiger partial charge in [0.2, 0.25) is 0 Å². The van der Waals surface area contributed by atoms with Crippen LogP contribution < -0.4 is 5.32 Å². The van der Waals surface area contributed by atoms with Gasteiger partial charge in [-0.1, -0.05) is 48.0 Å². The summed E-state index contributed by atoms with van der Waals surface area (Å²) >= 11 is 0. The molecule has 5 nitrogen and oxygen atoms in total. The molecule has 0 saturated carbocycles. The van der Waals surface area contributed by atoms with Crippen molar-refractivity contribution in [2.45, 2.75) is 33.0 Å². The second-order valence-corrected chi connectivity index (χ2v) is 6.89. The third-order valence-corrected chi connectivity index (χ3v) is 4.88. The van der Waals surface area contributed by atoms with E-state index in [2.05, 4.69) is 22.3 Å². The van der Waals surface area contributed by atoms with E-state index in [1.807, 2.05) is 43.3 Å². The molecule has 142 valence electrons. The molecule has 1 fully saturated rings. The van der Waals surface area contributed by atoms with Gasteiger partial charge in [0, 0.05) is 18.7 Å². The average molecular weight is 366 g/mol. The molecule has 2 aromatic rings. The van der Waals surface area contributed by atoms with Gasteiger partial charge in [0.1, 0.15) is 0 Å². The monoisotopic (exact) mass is 366 g/mol. The molecule has 0 aromatic heterocycles. The minimum absolute atomic E-state index is 0.169. The Morgan fingerprint density at radius 3 is 2.63 bits per heavy atom. The molecule has 0 bridgehead atoms. The third-order valence-electron chi connectivity index (χ3n) is 4.88. The number of rotatable bonds is 6. The van der Waals surface area contributed by atoms with Crippen LogP contribution in [0.15, 0.2) is 54.6 Å². The van der Waals surface area contributed by atoms with Crippen molar-refractivity contribution in [3.8, 4) is 0 Å². The molecule has 1 N–H and O–H groups in total. The maximum absolute atomic E-state index is 12.8. The molecule has 2 unspecified atom stereocenters. The highest BCUT2D eigenvalue weighted by atomic mass is 16.5. The van der Waals surface area contributed by atoms with E-state index in [0.29, 0.717) is 25.1 Å². The number of likely N-dealkylation sites (tertiary alicyclic amines) is 1. The van der Waals surface area contributed by atoms with Gasteiger partial charge in [0.05, 0.1) is 18.7 Å². The summed E-state index contributed by atoms with van der Waals surface area (Å²) in [4.78, 5) is 27.4. The molecule has 1 aliphatic rings. The van der Waals surface area contributed by atoms with Gasteiger partial charge in [-0.3, -0.25) is 14.5 Å². The fraction of sp³-hybridized carbons (Fsp3) is 0.364. The molecule has 1 amide bonds. The number of hydrogen-bond donors (Lipinski definition) is 1. The van der Waals surface area contributed by atoms with Crippen molar-refractivity contribution in [3.63, 3.8) is 0 Å². The smallest absolute Gasteiger partial charge is 0.312 e. The minimum Gasteiger partial charge on any atom is -0.466 e. The Hall–Kier alpha value is -2.66. The number of benzene rings is 2. The molecule has 1 aliphatic heterocycles. The lowest BCUT2D eigenvalue weighted by molar-refractivity contribution is -0.149. The van der Waals surface area contributed by atoms with Crippen LogP contribution in [0.25, 0.3) is 0 Å². The zero-order valence-corrected chi connectivity index (χ0v) is 15.9. The standard InChI is InChI=1S/C22H26N2O3/c1-3-27-22(26)19-12-13-24(15-17-9-5-4-6-10-17)20(19)23-21(25)18-11-7-8-16(2)14-18/h4-11,14,19-20H,3,12-13,15H2,1-2H3,(H,23,25). The Labute approximate surface area is 160 Å². The average Bonchev–Trinajstić information content (AvgIpc) is 3.05. The molecule has 5 heteroatoms. The Bertz CT molecular complexity index is 791. The van der Waals surface area contributed by atoms with E-state index in [-0.39, 0.29) is 24.0 Å². The molecule has 0 aliphatic carbocycles. The Balaban J connectivity index is 1.79. The summed E-state index contributed by atoms with van der Waals surface area (Å²) in [6, 6.07) is 17.5. The van der Waals surface area contributed by atoms with Crippen molar-refractivity contribution in [3.05, 3.63) is 71.3 Å². The van der Waals surface area contributed by atoms with Crippen LogP contribution in [0.5, 0.6) is 0 Å². The normalized spacial score (nSPS) is 19.6. The third kappa shape index (κ3) is 4.74. The molecular formula is C22H26N2O3. The highest BCUT2D eigenvalue weighted by Gasteiger charge is 2.40. The van der Waals surface area contributed by atoms with Crippen molar-refractivity contribution in [2.75, 3.05) is 13.2 Å². The van der Waals surface area contributed by atoms with E-state index in [1.165, 1.54) is 0 Å². The summed E-state index contributed by atoms with van der Waals surface area (Å²) in [5, 5.41) is 3.07. The summed E-state index contributed by atoms with van der Waals surface area (Å²) in [5.74, 6) is -0.775. The van der Waals surface area contributed by atoms with E-state index < -0.39 is 0 Å². The van der Waals surface area contributed by atoms with Crippen LogP contribution in [-0.2, 0) is 16.1 Å². The van der Waals surface area contributed by atoms with Crippen molar-refractivity contribution in [1.82, 2.24) is 10.2 Å². The van der Waals surface area contributed by atoms with Gasteiger partial charge < -0.3 is 10.1 Å². The van der Waals surface area contributed by atoms with Gasteiger partial charge in [-0.15, -0.1) is 0 Å². The fourth-order valence-corrected chi connectivity index (χ4v) is 3.54. The van der Waals surface area contributed by atoms with Crippen LogP contribution in [0.2, 0.25) is 0 Å². The number of aryl methyl sites for hydroxylation is 1. The van der Waals surface area contributed by atoms with Crippen LogP contribution in [-0.4, -0.2) is 36.1 Å². The number of ether oxygens (including phenoxy) is 1. The van der Waals surface area contributed by atoms with Crippen LogP contribution in [0.3, 0.4) is 0 Å². The first kappa shape index (κ1) is 19.1. The van der Waals surface area contributed by atoms with Gasteiger partial charge in [0.25, 0.3) is 5.91 Å². The SMILES string of the molecule is CCOC(=O)C1CCN(Cc2ccccc2)C1NC(=O)c1cccc(C)c1. The predicted octanol–water partition coefficient (Wildman–Crippen LogP) is 3.14. The molecule has 1 heterocycles. The lowest BCUT2D eigenvalue weighted by Gasteiger charge is -2.28. The van der Waals surface area contributed by atoms with Crippen molar-refractivity contribution in [2.24, 2.45) is 5.92 Å². The molecule has 3 rings (SSSR count). The number of esters is 1. The van der Waals surface area contributed by atoms with E-state index in [9.17, 15) is 9.59 Å². The summed E-state index contributed by atoms with van der Waals surface area (Å²) in [6.45, 7) is 5.50. The number of hydrogen-bond acceptors (Lipinski definition) is 4. The van der Waals surface area contributed by atoms with E-state index in [0.717, 1.165) is 17.7 Å². The number of amides is 1. The lowest BCUT2D eigenvalue weighted by Crippen LogP contribution is -2.49. The molecule has 0 radical (unpaired) electrons. The van der Waals surface area contributed by atoms with Gasteiger partial charge >= 0.3 is 5.97 Å². The van der Waals surface area contributed by atoms with E-state index in [1.54, 1.807) is 13.0 Å². The second-order valence-electron chi connectivity index (χ2n) is 6.89. The van der Waals surface area contributed by atoms with E-state index in [4.69, 9.17) is 4.74 Å². The second kappa shape index (κ2) is 8.82. The molecular weight excluding hydrogens is 340 g/mol. The van der Waals surface area contributed by atoms with Gasteiger partial charge in [-0.25, -0.2) is 0 Å². The molecule has 1 saturated heterocycles. The number of carbonyl (C=O) groups is 2. The van der Waals surface area contributed by atoms with Crippen LogP contribution in [0.1, 0.15) is 34.8 Å². The number of nitrogens with zero attached hydrogens (tertiary/aromatic N) is 1. The first-order valence-electron chi connectivity index (χ1n) is 9.40. The fourth-order valence-electron chi connectivity index (χ4n) is 3.54. The highest BCUT2D eigenvalue weighted by molar-refractivity contribution is 5.94. The minimum atomic E-state index is -0.378. The lowest BCUT2D eigenvalue weighted by atomic mass is 10.1. The van der Waals surface area contributed by atoms with Crippen molar-refractivity contribution < 1.29 is 14.3 Å². The molecule has 2 atom stereocenters. The highest BCUT2D eigenvalue weighted by Crippen LogP contribution is 2.26. The zero-order chi connectivity index (χ0) is 19.2. The maximum Gasteiger partial charge on any atom is 0.312 e. The number of carbonyl (C=O) groups excluding carboxylic acids is 2. The molecule has 0 spiro atoms. The van der Waals surface area contributed by atoms with Gasteiger partial charge in [-0.2, -0.15) is 0 Å². The van der Waals surface area contributed by atoms with Crippen LogP contribution in [0, 0.1) is 12.8 Å².